The average molecular weight is 313 g/mol. The number of nitrogens with one attached hydrogen (secondary N) is 1. The Morgan fingerprint density at radius 3 is 2.57 bits per heavy atom. The number of hydrogen-bond acceptors (Lipinski definition) is 4. The van der Waals surface area contributed by atoms with Gasteiger partial charge in [0, 0.05) is 37.6 Å². The van der Waals surface area contributed by atoms with Crippen LogP contribution in [0.4, 0.5) is 0 Å². The number of pyridine rings is 1. The third-order valence-corrected chi connectivity index (χ3v) is 4.16. The lowest BCUT2D eigenvalue weighted by Gasteiger charge is -2.32. The molecule has 2 amide bonds. The van der Waals surface area contributed by atoms with Crippen LogP contribution in [0.3, 0.4) is 0 Å². The van der Waals surface area contributed by atoms with Crippen molar-refractivity contribution < 1.29 is 14.0 Å². The molecular weight excluding hydrogens is 294 g/mol. The zero-order valence-corrected chi connectivity index (χ0v) is 12.8. The molecule has 0 bridgehead atoms. The number of furan rings is 1. The van der Waals surface area contributed by atoms with Gasteiger partial charge in [0.25, 0.3) is 11.8 Å². The summed E-state index contributed by atoms with van der Waals surface area (Å²) in [6.07, 6.45) is 7.96. The third-order valence-electron chi connectivity index (χ3n) is 4.16. The standard InChI is InChI=1S/C17H19N3O3/c21-16(15-5-10-23-12-15)19-11-13-3-8-20(9-4-13)17(22)14-1-6-18-7-2-14/h1-2,5-7,10,12-13H,3-4,8-9,11H2,(H,19,21). The monoisotopic (exact) mass is 313 g/mol. The number of aromatic nitrogens is 1. The van der Waals surface area contributed by atoms with E-state index >= 15 is 0 Å². The van der Waals surface area contributed by atoms with Gasteiger partial charge in [-0.2, -0.15) is 0 Å². The van der Waals surface area contributed by atoms with E-state index in [-0.39, 0.29) is 11.8 Å². The largest absolute Gasteiger partial charge is 0.472 e. The minimum atomic E-state index is -0.117. The lowest BCUT2D eigenvalue weighted by Crippen LogP contribution is -2.41. The van der Waals surface area contributed by atoms with E-state index in [1.165, 1.54) is 12.5 Å². The van der Waals surface area contributed by atoms with Crippen molar-refractivity contribution in [3.8, 4) is 0 Å². The van der Waals surface area contributed by atoms with Gasteiger partial charge >= 0.3 is 0 Å². The Kier molecular flexibility index (Phi) is 4.71. The summed E-state index contributed by atoms with van der Waals surface area (Å²) in [7, 11) is 0. The van der Waals surface area contributed by atoms with Crippen LogP contribution in [0.15, 0.2) is 47.5 Å². The number of likely N-dealkylation sites (tertiary alicyclic amines) is 1. The van der Waals surface area contributed by atoms with Gasteiger partial charge < -0.3 is 14.6 Å². The molecule has 3 rings (SSSR count). The van der Waals surface area contributed by atoms with Crippen molar-refractivity contribution in [1.82, 2.24) is 15.2 Å². The van der Waals surface area contributed by atoms with Crippen LogP contribution in [0.1, 0.15) is 33.6 Å². The van der Waals surface area contributed by atoms with Crippen molar-refractivity contribution in [2.45, 2.75) is 12.8 Å². The smallest absolute Gasteiger partial charge is 0.254 e. The van der Waals surface area contributed by atoms with Gasteiger partial charge in [0.05, 0.1) is 11.8 Å². The van der Waals surface area contributed by atoms with Crippen LogP contribution in [-0.2, 0) is 0 Å². The van der Waals surface area contributed by atoms with Crippen molar-refractivity contribution in [2.24, 2.45) is 5.92 Å². The maximum absolute atomic E-state index is 12.3. The van der Waals surface area contributed by atoms with Crippen molar-refractivity contribution in [2.75, 3.05) is 19.6 Å². The summed E-state index contributed by atoms with van der Waals surface area (Å²) in [5.74, 6) is 0.328. The van der Waals surface area contributed by atoms with Gasteiger partial charge in [0.2, 0.25) is 0 Å². The molecule has 2 aromatic heterocycles. The molecule has 1 aliphatic heterocycles. The van der Waals surface area contributed by atoms with E-state index in [9.17, 15) is 9.59 Å². The van der Waals surface area contributed by atoms with Crippen molar-refractivity contribution in [3.05, 3.63) is 54.2 Å². The molecule has 120 valence electrons. The highest BCUT2D eigenvalue weighted by molar-refractivity contribution is 5.94. The Morgan fingerprint density at radius 1 is 1.17 bits per heavy atom. The molecular formula is C17H19N3O3. The Bertz CT molecular complexity index is 647. The molecule has 1 aliphatic rings. The summed E-state index contributed by atoms with van der Waals surface area (Å²) in [5.41, 5.74) is 1.21. The van der Waals surface area contributed by atoms with Crippen molar-refractivity contribution >= 4 is 11.8 Å². The maximum Gasteiger partial charge on any atom is 0.254 e. The summed E-state index contributed by atoms with van der Waals surface area (Å²) in [6.45, 7) is 2.06. The molecule has 1 fully saturated rings. The highest BCUT2D eigenvalue weighted by Crippen LogP contribution is 2.18. The molecule has 0 radical (unpaired) electrons. The lowest BCUT2D eigenvalue weighted by molar-refractivity contribution is 0.0684. The van der Waals surface area contributed by atoms with E-state index in [2.05, 4.69) is 10.3 Å². The first-order valence-corrected chi connectivity index (χ1v) is 7.74. The minimum Gasteiger partial charge on any atom is -0.472 e. The average Bonchev–Trinajstić information content (AvgIpc) is 3.15. The fourth-order valence-electron chi connectivity index (χ4n) is 2.75. The van der Waals surface area contributed by atoms with E-state index in [1.807, 2.05) is 4.90 Å². The Labute approximate surface area is 134 Å². The van der Waals surface area contributed by atoms with E-state index in [4.69, 9.17) is 4.42 Å². The highest BCUT2D eigenvalue weighted by atomic mass is 16.3. The first kappa shape index (κ1) is 15.3. The maximum atomic E-state index is 12.3. The summed E-state index contributed by atoms with van der Waals surface area (Å²) in [5, 5.41) is 2.92. The number of rotatable bonds is 4. The van der Waals surface area contributed by atoms with Crippen LogP contribution in [-0.4, -0.2) is 41.3 Å². The fourth-order valence-corrected chi connectivity index (χ4v) is 2.75. The number of amides is 2. The number of piperidine rings is 1. The Hall–Kier alpha value is -2.63. The number of hydrogen-bond donors (Lipinski definition) is 1. The van der Waals surface area contributed by atoms with Gasteiger partial charge in [-0.3, -0.25) is 14.6 Å². The van der Waals surface area contributed by atoms with Gasteiger partial charge in [0.15, 0.2) is 0 Å². The minimum absolute atomic E-state index is 0.0493. The number of carbonyl (C=O) groups excluding carboxylic acids is 2. The molecule has 6 heteroatoms. The predicted octanol–water partition coefficient (Wildman–Crippen LogP) is 1.96. The number of carbonyl (C=O) groups is 2. The molecule has 0 spiro atoms. The molecule has 6 nitrogen and oxygen atoms in total. The Balaban J connectivity index is 1.45. The molecule has 0 unspecified atom stereocenters. The zero-order valence-electron chi connectivity index (χ0n) is 12.8. The zero-order chi connectivity index (χ0) is 16.1. The molecule has 1 saturated heterocycles. The third kappa shape index (κ3) is 3.77. The van der Waals surface area contributed by atoms with Crippen LogP contribution in [0.25, 0.3) is 0 Å². The van der Waals surface area contributed by atoms with E-state index < -0.39 is 0 Å². The first-order chi connectivity index (χ1) is 11.2. The first-order valence-electron chi connectivity index (χ1n) is 7.74. The van der Waals surface area contributed by atoms with E-state index in [0.717, 1.165) is 12.8 Å². The van der Waals surface area contributed by atoms with Gasteiger partial charge in [0.1, 0.15) is 6.26 Å². The second kappa shape index (κ2) is 7.09. The van der Waals surface area contributed by atoms with Crippen molar-refractivity contribution in [1.29, 1.82) is 0 Å². The van der Waals surface area contributed by atoms with E-state index in [1.54, 1.807) is 30.6 Å². The molecule has 0 aromatic carbocycles. The Morgan fingerprint density at radius 2 is 1.91 bits per heavy atom. The summed E-state index contributed by atoms with van der Waals surface area (Å²) in [4.78, 5) is 30.0. The molecule has 2 aromatic rings. The lowest BCUT2D eigenvalue weighted by atomic mass is 9.96. The molecule has 1 N–H and O–H groups in total. The van der Waals surface area contributed by atoms with Crippen LogP contribution in [0, 0.1) is 5.92 Å². The fraction of sp³-hybridized carbons (Fsp3) is 0.353. The normalized spacial score (nSPS) is 15.4. The van der Waals surface area contributed by atoms with Gasteiger partial charge in [-0.25, -0.2) is 0 Å². The van der Waals surface area contributed by atoms with Gasteiger partial charge in [-0.15, -0.1) is 0 Å². The SMILES string of the molecule is O=C(NCC1CCN(C(=O)c2ccncc2)CC1)c1ccoc1. The molecule has 23 heavy (non-hydrogen) atoms. The van der Waals surface area contributed by atoms with Gasteiger partial charge in [-0.1, -0.05) is 0 Å². The number of nitrogens with zero attached hydrogens (tertiary/aromatic N) is 2. The summed E-state index contributed by atoms with van der Waals surface area (Å²) in [6, 6.07) is 5.12. The molecule has 0 aliphatic carbocycles. The second-order valence-corrected chi connectivity index (χ2v) is 5.69. The molecule has 0 atom stereocenters. The summed E-state index contributed by atoms with van der Waals surface area (Å²) >= 11 is 0. The van der Waals surface area contributed by atoms with Crippen LogP contribution < -0.4 is 5.32 Å². The predicted molar refractivity (Wildman–Crippen MR) is 83.9 cm³/mol. The highest BCUT2D eigenvalue weighted by Gasteiger charge is 2.24. The van der Waals surface area contributed by atoms with E-state index in [0.29, 0.717) is 36.7 Å². The summed E-state index contributed by atoms with van der Waals surface area (Å²) < 4.78 is 4.90. The second-order valence-electron chi connectivity index (χ2n) is 5.69. The van der Waals surface area contributed by atoms with Gasteiger partial charge in [-0.05, 0) is 37.0 Å². The van der Waals surface area contributed by atoms with Crippen molar-refractivity contribution in [3.63, 3.8) is 0 Å². The van der Waals surface area contributed by atoms with Crippen LogP contribution >= 0.6 is 0 Å². The topological polar surface area (TPSA) is 75.4 Å². The van der Waals surface area contributed by atoms with Crippen LogP contribution in [0.2, 0.25) is 0 Å². The molecule has 3 heterocycles. The molecule has 0 saturated carbocycles. The van der Waals surface area contributed by atoms with Crippen LogP contribution in [0.5, 0.6) is 0 Å². The quantitative estimate of drug-likeness (QED) is 0.936.